The zero-order valence-corrected chi connectivity index (χ0v) is 8.94. The number of benzene rings is 1. The SMILES string of the molecule is O=C(O)n1c2c(c3ccccc31)CCCC2. The Labute approximate surface area is 93.3 Å². The molecule has 0 unspecified atom stereocenters. The van der Waals surface area contributed by atoms with Crippen LogP contribution in [0.2, 0.25) is 0 Å². The molecule has 0 spiro atoms. The largest absolute Gasteiger partial charge is 0.464 e. The van der Waals surface area contributed by atoms with E-state index in [-0.39, 0.29) is 0 Å². The van der Waals surface area contributed by atoms with Crippen molar-refractivity contribution in [3.63, 3.8) is 0 Å². The van der Waals surface area contributed by atoms with Gasteiger partial charge in [-0.2, -0.15) is 0 Å². The van der Waals surface area contributed by atoms with E-state index in [2.05, 4.69) is 0 Å². The third-order valence-electron chi connectivity index (χ3n) is 3.37. The summed E-state index contributed by atoms with van der Waals surface area (Å²) in [5.74, 6) is 0. The number of carbonyl (C=O) groups is 1. The quantitative estimate of drug-likeness (QED) is 0.733. The Morgan fingerprint density at radius 2 is 1.94 bits per heavy atom. The summed E-state index contributed by atoms with van der Waals surface area (Å²) in [5, 5.41) is 10.4. The van der Waals surface area contributed by atoms with Crippen molar-refractivity contribution in [2.75, 3.05) is 0 Å². The molecule has 3 nitrogen and oxygen atoms in total. The van der Waals surface area contributed by atoms with Crippen molar-refractivity contribution in [1.29, 1.82) is 0 Å². The zero-order chi connectivity index (χ0) is 11.1. The number of hydrogen-bond acceptors (Lipinski definition) is 1. The monoisotopic (exact) mass is 215 g/mol. The van der Waals surface area contributed by atoms with Crippen LogP contribution in [-0.4, -0.2) is 15.8 Å². The van der Waals surface area contributed by atoms with Crippen LogP contribution in [0.1, 0.15) is 24.1 Å². The van der Waals surface area contributed by atoms with E-state index in [1.165, 1.54) is 16.6 Å². The van der Waals surface area contributed by atoms with Crippen LogP contribution in [0.15, 0.2) is 24.3 Å². The number of hydrogen-bond donors (Lipinski definition) is 1. The highest BCUT2D eigenvalue weighted by Crippen LogP contribution is 2.31. The maximum absolute atomic E-state index is 11.3. The van der Waals surface area contributed by atoms with E-state index < -0.39 is 6.09 Å². The van der Waals surface area contributed by atoms with E-state index in [0.29, 0.717) is 0 Å². The first-order valence-electron chi connectivity index (χ1n) is 5.63. The molecule has 82 valence electrons. The molecule has 1 aromatic heterocycles. The summed E-state index contributed by atoms with van der Waals surface area (Å²) in [7, 11) is 0. The van der Waals surface area contributed by atoms with Crippen molar-refractivity contribution in [3.05, 3.63) is 35.5 Å². The van der Waals surface area contributed by atoms with Crippen molar-refractivity contribution in [1.82, 2.24) is 4.57 Å². The summed E-state index contributed by atoms with van der Waals surface area (Å²) in [6.07, 6.45) is 3.29. The van der Waals surface area contributed by atoms with Gasteiger partial charge in [0.05, 0.1) is 5.52 Å². The molecule has 1 aliphatic rings. The van der Waals surface area contributed by atoms with Gasteiger partial charge in [0.25, 0.3) is 0 Å². The minimum Gasteiger partial charge on any atom is -0.464 e. The van der Waals surface area contributed by atoms with Gasteiger partial charge in [-0.25, -0.2) is 9.36 Å². The van der Waals surface area contributed by atoms with E-state index >= 15 is 0 Å². The van der Waals surface area contributed by atoms with Crippen LogP contribution in [0.5, 0.6) is 0 Å². The molecule has 0 fully saturated rings. The fourth-order valence-corrected chi connectivity index (χ4v) is 2.71. The molecule has 1 heterocycles. The molecule has 0 saturated heterocycles. The predicted octanol–water partition coefficient (Wildman–Crippen LogP) is 3.05. The van der Waals surface area contributed by atoms with Gasteiger partial charge in [0.2, 0.25) is 0 Å². The second-order valence-corrected chi connectivity index (χ2v) is 4.27. The summed E-state index contributed by atoms with van der Waals surface area (Å²) in [6, 6.07) is 7.79. The lowest BCUT2D eigenvalue weighted by atomic mass is 9.96. The normalized spacial score (nSPS) is 15.0. The molecule has 1 N–H and O–H groups in total. The topological polar surface area (TPSA) is 42.2 Å². The summed E-state index contributed by atoms with van der Waals surface area (Å²) in [6.45, 7) is 0. The molecular formula is C13H13NO2. The summed E-state index contributed by atoms with van der Waals surface area (Å²) in [4.78, 5) is 11.3. The Bertz CT molecular complexity index is 569. The van der Waals surface area contributed by atoms with Crippen molar-refractivity contribution in [2.24, 2.45) is 0 Å². The number of aromatic nitrogens is 1. The number of fused-ring (bicyclic) bond motifs is 3. The Kier molecular flexibility index (Phi) is 1.99. The van der Waals surface area contributed by atoms with E-state index in [0.717, 1.165) is 35.9 Å². The van der Waals surface area contributed by atoms with Crippen LogP contribution >= 0.6 is 0 Å². The highest BCUT2D eigenvalue weighted by molar-refractivity contribution is 5.93. The van der Waals surface area contributed by atoms with Crippen molar-refractivity contribution in [3.8, 4) is 0 Å². The van der Waals surface area contributed by atoms with Crippen LogP contribution in [0.4, 0.5) is 4.79 Å². The van der Waals surface area contributed by atoms with E-state index in [9.17, 15) is 9.90 Å². The van der Waals surface area contributed by atoms with Gasteiger partial charge in [-0.15, -0.1) is 0 Å². The molecule has 0 radical (unpaired) electrons. The van der Waals surface area contributed by atoms with Gasteiger partial charge in [-0.3, -0.25) is 0 Å². The first-order valence-corrected chi connectivity index (χ1v) is 5.63. The van der Waals surface area contributed by atoms with Gasteiger partial charge in [-0.1, -0.05) is 18.2 Å². The summed E-state index contributed by atoms with van der Waals surface area (Å²) in [5.41, 5.74) is 3.08. The van der Waals surface area contributed by atoms with E-state index in [1.54, 1.807) is 0 Å². The minimum absolute atomic E-state index is 0.835. The molecule has 1 aliphatic carbocycles. The Balaban J connectivity index is 2.41. The molecule has 3 heteroatoms. The van der Waals surface area contributed by atoms with Crippen LogP contribution in [0.25, 0.3) is 10.9 Å². The third-order valence-corrected chi connectivity index (χ3v) is 3.37. The Morgan fingerprint density at radius 1 is 1.19 bits per heavy atom. The molecule has 3 rings (SSSR count). The van der Waals surface area contributed by atoms with Crippen molar-refractivity contribution in [2.45, 2.75) is 25.7 Å². The van der Waals surface area contributed by atoms with E-state index in [4.69, 9.17) is 0 Å². The third kappa shape index (κ3) is 1.18. The maximum Gasteiger partial charge on any atom is 0.416 e. The van der Waals surface area contributed by atoms with Gasteiger partial charge in [-0.05, 0) is 37.3 Å². The lowest BCUT2D eigenvalue weighted by Gasteiger charge is -2.12. The second kappa shape index (κ2) is 3.37. The number of aryl methyl sites for hydroxylation is 1. The second-order valence-electron chi connectivity index (χ2n) is 4.27. The van der Waals surface area contributed by atoms with Crippen molar-refractivity contribution >= 4 is 17.0 Å². The molecule has 0 amide bonds. The standard InChI is InChI=1S/C13H13NO2/c15-13(16)14-11-7-3-1-5-9(11)10-6-2-4-8-12(10)14/h1,3,5,7H,2,4,6,8H2,(H,15,16). The van der Waals surface area contributed by atoms with Gasteiger partial charge in [0.15, 0.2) is 0 Å². The summed E-state index contributed by atoms with van der Waals surface area (Å²) < 4.78 is 1.46. The summed E-state index contributed by atoms with van der Waals surface area (Å²) >= 11 is 0. The first kappa shape index (κ1) is 9.46. The number of rotatable bonds is 0. The van der Waals surface area contributed by atoms with Crippen LogP contribution in [0.3, 0.4) is 0 Å². The average molecular weight is 215 g/mol. The lowest BCUT2D eigenvalue weighted by Crippen LogP contribution is -2.14. The molecule has 0 atom stereocenters. The van der Waals surface area contributed by atoms with Crippen LogP contribution in [-0.2, 0) is 12.8 Å². The fraction of sp³-hybridized carbons (Fsp3) is 0.308. The molecule has 0 saturated carbocycles. The lowest BCUT2D eigenvalue weighted by molar-refractivity contribution is 0.196. The van der Waals surface area contributed by atoms with Crippen LogP contribution < -0.4 is 0 Å². The van der Waals surface area contributed by atoms with E-state index in [1.807, 2.05) is 24.3 Å². The number of para-hydroxylation sites is 1. The maximum atomic E-state index is 11.3. The highest BCUT2D eigenvalue weighted by atomic mass is 16.4. The zero-order valence-electron chi connectivity index (χ0n) is 8.94. The molecular weight excluding hydrogens is 202 g/mol. The highest BCUT2D eigenvalue weighted by Gasteiger charge is 2.22. The predicted molar refractivity (Wildman–Crippen MR) is 62.0 cm³/mol. The number of nitrogens with zero attached hydrogens (tertiary/aromatic N) is 1. The molecule has 16 heavy (non-hydrogen) atoms. The molecule has 2 aromatic rings. The Morgan fingerprint density at radius 3 is 2.75 bits per heavy atom. The first-order chi connectivity index (χ1) is 7.79. The Hall–Kier alpha value is -1.77. The fourth-order valence-electron chi connectivity index (χ4n) is 2.71. The number of carboxylic acid groups (broad SMARTS) is 1. The minimum atomic E-state index is -0.862. The van der Waals surface area contributed by atoms with Gasteiger partial charge in [0, 0.05) is 11.1 Å². The van der Waals surface area contributed by atoms with Gasteiger partial charge >= 0.3 is 6.09 Å². The van der Waals surface area contributed by atoms with Gasteiger partial charge < -0.3 is 5.11 Å². The molecule has 0 bridgehead atoms. The van der Waals surface area contributed by atoms with Crippen LogP contribution in [0, 0.1) is 0 Å². The average Bonchev–Trinajstić information content (AvgIpc) is 2.63. The molecule has 1 aromatic carbocycles. The van der Waals surface area contributed by atoms with Gasteiger partial charge in [0.1, 0.15) is 0 Å². The smallest absolute Gasteiger partial charge is 0.416 e. The van der Waals surface area contributed by atoms with Crippen molar-refractivity contribution < 1.29 is 9.90 Å². The molecule has 0 aliphatic heterocycles.